The predicted molar refractivity (Wildman–Crippen MR) is 77.0 cm³/mol. The average molecular weight is 391 g/mol. The van der Waals surface area contributed by atoms with Crippen molar-refractivity contribution in [2.24, 2.45) is 0 Å². The smallest absolute Gasteiger partial charge is 0.166 e. The monoisotopic (exact) mass is 390 g/mol. The molecule has 2 rings (SSSR count). The number of alkyl halides is 6. The molecule has 23 heavy (non-hydrogen) atoms. The lowest BCUT2D eigenvalue weighted by molar-refractivity contribution is -0.140. The Morgan fingerprint density at radius 1 is 0.652 bits per heavy atom. The van der Waals surface area contributed by atoms with Gasteiger partial charge in [-0.3, -0.25) is 0 Å². The number of hydrogen-bond acceptors (Lipinski definition) is 1. The Labute approximate surface area is 141 Å². The Morgan fingerprint density at radius 2 is 1.00 bits per heavy atom. The van der Waals surface area contributed by atoms with Crippen molar-refractivity contribution < 1.29 is 26.3 Å². The molecular weight excluding hydrogens is 385 g/mol. The van der Waals surface area contributed by atoms with Gasteiger partial charge in [0.25, 0.3) is 0 Å². The van der Waals surface area contributed by atoms with E-state index in [-0.39, 0.29) is 21.8 Å². The average Bonchev–Trinajstić information content (AvgIpc) is 2.40. The first kappa shape index (κ1) is 18.3. The van der Waals surface area contributed by atoms with Gasteiger partial charge in [-0.15, -0.1) is 0 Å². The Kier molecular flexibility index (Phi) is 5.13. The summed E-state index contributed by atoms with van der Waals surface area (Å²) in [4.78, 5) is -1.06. The summed E-state index contributed by atoms with van der Waals surface area (Å²) in [6.07, 6.45) is -9.51. The van der Waals surface area contributed by atoms with Crippen LogP contribution >= 0.6 is 35.0 Å². The molecule has 0 aromatic heterocycles. The van der Waals surface area contributed by atoms with Crippen LogP contribution in [0, 0.1) is 0 Å². The van der Waals surface area contributed by atoms with Gasteiger partial charge in [0, 0.05) is 9.79 Å². The van der Waals surface area contributed by atoms with Crippen LogP contribution in [0.4, 0.5) is 26.3 Å². The lowest BCUT2D eigenvalue weighted by Crippen LogP contribution is -2.09. The quantitative estimate of drug-likeness (QED) is 0.489. The number of benzene rings is 2. The van der Waals surface area contributed by atoms with E-state index >= 15 is 0 Å². The highest BCUT2D eigenvalue weighted by Gasteiger charge is 2.37. The Balaban J connectivity index is 2.62. The Bertz CT molecular complexity index is 663. The highest BCUT2D eigenvalue weighted by molar-refractivity contribution is 7.99. The van der Waals surface area contributed by atoms with Gasteiger partial charge in [-0.25, -0.2) is 0 Å². The lowest BCUT2D eigenvalue weighted by Gasteiger charge is -2.17. The Hall–Kier alpha value is -1.05. The van der Waals surface area contributed by atoms with Crippen LogP contribution in [0.2, 0.25) is 10.0 Å². The molecule has 0 nitrogen and oxygen atoms in total. The summed E-state index contributed by atoms with van der Waals surface area (Å²) in [7, 11) is 0. The fourth-order valence-electron chi connectivity index (χ4n) is 1.77. The third-order valence-electron chi connectivity index (χ3n) is 2.75. The first-order valence-electron chi connectivity index (χ1n) is 5.91. The molecule has 0 fully saturated rings. The van der Waals surface area contributed by atoms with Crippen molar-refractivity contribution in [1.29, 1.82) is 0 Å². The third-order valence-corrected chi connectivity index (χ3v) is 4.89. The standard InChI is InChI=1S/C14H6Cl2F6S/c15-9-5-1-3-7(13(17,18)19)11(9)23-12-8(14(20,21)22)4-2-6-10(12)16/h1-6H. The van der Waals surface area contributed by atoms with Gasteiger partial charge in [0.1, 0.15) is 0 Å². The number of hydrogen-bond donors (Lipinski definition) is 0. The molecule has 0 spiro atoms. The fraction of sp³-hybridized carbons (Fsp3) is 0.143. The van der Waals surface area contributed by atoms with Gasteiger partial charge in [0.05, 0.1) is 21.2 Å². The summed E-state index contributed by atoms with van der Waals surface area (Å²) < 4.78 is 78.2. The minimum absolute atomic E-state index is 0.244. The molecule has 0 heterocycles. The van der Waals surface area contributed by atoms with Crippen LogP contribution in [0.25, 0.3) is 0 Å². The van der Waals surface area contributed by atoms with Crippen LogP contribution in [0.3, 0.4) is 0 Å². The third kappa shape index (κ3) is 4.08. The van der Waals surface area contributed by atoms with Crippen LogP contribution in [-0.4, -0.2) is 0 Å². The van der Waals surface area contributed by atoms with Crippen molar-refractivity contribution in [2.75, 3.05) is 0 Å². The van der Waals surface area contributed by atoms with Gasteiger partial charge >= 0.3 is 12.4 Å². The maximum Gasteiger partial charge on any atom is 0.417 e. The maximum absolute atomic E-state index is 13.0. The van der Waals surface area contributed by atoms with E-state index in [1.54, 1.807) is 0 Å². The van der Waals surface area contributed by atoms with Gasteiger partial charge in [-0.05, 0) is 24.3 Å². The first-order valence-corrected chi connectivity index (χ1v) is 7.48. The second-order valence-electron chi connectivity index (χ2n) is 4.33. The van der Waals surface area contributed by atoms with E-state index in [1.807, 2.05) is 0 Å². The van der Waals surface area contributed by atoms with Crippen LogP contribution < -0.4 is 0 Å². The van der Waals surface area contributed by atoms with Crippen molar-refractivity contribution in [3.05, 3.63) is 57.6 Å². The van der Waals surface area contributed by atoms with Gasteiger partial charge < -0.3 is 0 Å². The molecule has 2 aromatic rings. The molecule has 0 bridgehead atoms. The highest BCUT2D eigenvalue weighted by atomic mass is 35.5. The minimum Gasteiger partial charge on any atom is -0.166 e. The van der Waals surface area contributed by atoms with Crippen molar-refractivity contribution >= 4 is 35.0 Å². The zero-order valence-corrected chi connectivity index (χ0v) is 13.2. The molecule has 9 heteroatoms. The SMILES string of the molecule is FC(F)(F)c1cccc(Cl)c1Sc1c(Cl)cccc1C(F)(F)F. The van der Waals surface area contributed by atoms with E-state index in [9.17, 15) is 26.3 Å². The fourth-order valence-corrected chi connectivity index (χ4v) is 3.48. The molecule has 0 amide bonds. The van der Waals surface area contributed by atoms with Crippen molar-refractivity contribution in [3.63, 3.8) is 0 Å². The summed E-state index contributed by atoms with van der Waals surface area (Å²) in [6.45, 7) is 0. The summed E-state index contributed by atoms with van der Waals surface area (Å²) in [5.74, 6) is 0. The second-order valence-corrected chi connectivity index (χ2v) is 6.17. The molecule has 0 unspecified atom stereocenters. The van der Waals surface area contributed by atoms with Crippen molar-refractivity contribution in [3.8, 4) is 0 Å². The predicted octanol–water partition coefficient (Wildman–Crippen LogP) is 7.18. The molecule has 0 atom stereocenters. The summed E-state index contributed by atoms with van der Waals surface area (Å²) in [6, 6.07) is 5.99. The normalized spacial score (nSPS) is 12.5. The van der Waals surface area contributed by atoms with Gasteiger partial charge in [-0.1, -0.05) is 47.1 Å². The number of rotatable bonds is 2. The summed E-state index contributed by atoms with van der Waals surface area (Å²) in [5, 5.41) is -0.615. The minimum atomic E-state index is -4.76. The largest absolute Gasteiger partial charge is 0.417 e. The topological polar surface area (TPSA) is 0 Å². The molecule has 0 N–H and O–H groups in total. The van der Waals surface area contributed by atoms with E-state index < -0.39 is 33.3 Å². The molecule has 0 aliphatic carbocycles. The van der Waals surface area contributed by atoms with Crippen molar-refractivity contribution in [2.45, 2.75) is 22.1 Å². The van der Waals surface area contributed by atoms with E-state index in [2.05, 4.69) is 0 Å². The highest BCUT2D eigenvalue weighted by Crippen LogP contribution is 2.48. The molecule has 0 radical (unpaired) electrons. The second kappa shape index (κ2) is 6.45. The van der Waals surface area contributed by atoms with Gasteiger partial charge in [-0.2, -0.15) is 26.3 Å². The summed E-state index contributed by atoms with van der Waals surface area (Å²) >= 11 is 11.8. The zero-order valence-electron chi connectivity index (χ0n) is 10.9. The van der Waals surface area contributed by atoms with E-state index in [0.29, 0.717) is 0 Å². The van der Waals surface area contributed by atoms with Gasteiger partial charge in [0.2, 0.25) is 0 Å². The van der Waals surface area contributed by atoms with Gasteiger partial charge in [0.15, 0.2) is 0 Å². The van der Waals surface area contributed by atoms with E-state index in [4.69, 9.17) is 23.2 Å². The molecule has 2 aromatic carbocycles. The molecular formula is C14H6Cl2F6S. The van der Waals surface area contributed by atoms with E-state index in [1.165, 1.54) is 12.1 Å². The molecule has 0 saturated carbocycles. The molecule has 124 valence electrons. The molecule has 0 aliphatic rings. The van der Waals surface area contributed by atoms with Crippen molar-refractivity contribution in [1.82, 2.24) is 0 Å². The van der Waals surface area contributed by atoms with Crippen LogP contribution in [0.5, 0.6) is 0 Å². The summed E-state index contributed by atoms with van der Waals surface area (Å²) in [5.41, 5.74) is -2.24. The lowest BCUT2D eigenvalue weighted by atomic mass is 10.2. The number of halogens is 8. The first-order chi connectivity index (χ1) is 10.5. The molecule has 0 aliphatic heterocycles. The van der Waals surface area contributed by atoms with Crippen LogP contribution in [0.15, 0.2) is 46.2 Å². The van der Waals surface area contributed by atoms with E-state index in [0.717, 1.165) is 24.3 Å². The molecule has 0 saturated heterocycles. The van der Waals surface area contributed by atoms with Crippen LogP contribution in [-0.2, 0) is 12.4 Å². The Morgan fingerprint density at radius 3 is 1.30 bits per heavy atom. The maximum atomic E-state index is 13.0. The van der Waals surface area contributed by atoms with Crippen LogP contribution in [0.1, 0.15) is 11.1 Å². The zero-order chi connectivity index (χ0) is 17.4.